The van der Waals surface area contributed by atoms with Gasteiger partial charge in [0.05, 0.1) is 0 Å². The third-order valence-corrected chi connectivity index (χ3v) is 7.18. The maximum atomic E-state index is 9.28. The highest BCUT2D eigenvalue weighted by Crippen LogP contribution is 2.27. The van der Waals surface area contributed by atoms with E-state index in [0.29, 0.717) is 0 Å². The molecular formula is C33H44O2. The topological polar surface area (TPSA) is 40.5 Å². The Labute approximate surface area is 213 Å². The van der Waals surface area contributed by atoms with E-state index in [4.69, 9.17) is 0 Å². The Morgan fingerprint density at radius 2 is 1.26 bits per heavy atom. The monoisotopic (exact) mass is 472 g/mol. The third-order valence-electron chi connectivity index (χ3n) is 7.18. The summed E-state index contributed by atoms with van der Waals surface area (Å²) in [6.07, 6.45) is 11.0. The van der Waals surface area contributed by atoms with Crippen LogP contribution in [0.15, 0.2) is 66.7 Å². The van der Waals surface area contributed by atoms with Gasteiger partial charge in [0.1, 0.15) is 0 Å². The molecule has 0 bridgehead atoms. The van der Waals surface area contributed by atoms with E-state index >= 15 is 0 Å². The number of unbranched alkanes of at least 4 members (excludes halogenated alkanes) is 2. The minimum absolute atomic E-state index is 0.00592. The van der Waals surface area contributed by atoms with Crippen molar-refractivity contribution in [3.05, 3.63) is 94.5 Å². The molecule has 2 nitrogen and oxygen atoms in total. The Kier molecular flexibility index (Phi) is 11.5. The summed E-state index contributed by atoms with van der Waals surface area (Å²) >= 11 is 0. The fourth-order valence-electron chi connectivity index (χ4n) is 4.85. The molecule has 0 aliphatic rings. The van der Waals surface area contributed by atoms with Gasteiger partial charge in [0.25, 0.3) is 0 Å². The smallest absolute Gasteiger partial charge is 0.0481 e. The lowest BCUT2D eigenvalue weighted by molar-refractivity contribution is 0.142. The van der Waals surface area contributed by atoms with E-state index in [1.807, 2.05) is 0 Å². The van der Waals surface area contributed by atoms with Gasteiger partial charge in [0.15, 0.2) is 0 Å². The van der Waals surface area contributed by atoms with Gasteiger partial charge in [0, 0.05) is 19.1 Å². The van der Waals surface area contributed by atoms with Crippen molar-refractivity contribution >= 4 is 0 Å². The highest BCUT2D eigenvalue weighted by atomic mass is 16.3. The summed E-state index contributed by atoms with van der Waals surface area (Å²) in [5.41, 5.74) is 9.63. The van der Waals surface area contributed by atoms with Crippen molar-refractivity contribution in [1.82, 2.24) is 0 Å². The van der Waals surface area contributed by atoms with E-state index in [0.717, 1.165) is 38.5 Å². The summed E-state index contributed by atoms with van der Waals surface area (Å²) in [5, 5.41) is 18.6. The van der Waals surface area contributed by atoms with E-state index in [1.54, 1.807) is 0 Å². The summed E-state index contributed by atoms with van der Waals surface area (Å²) in [4.78, 5) is 0. The first-order valence-corrected chi connectivity index (χ1v) is 13.7. The lowest BCUT2D eigenvalue weighted by atomic mass is 9.92. The predicted octanol–water partition coefficient (Wildman–Crippen LogP) is 7.36. The van der Waals surface area contributed by atoms with E-state index in [1.165, 1.54) is 64.6 Å². The zero-order chi connectivity index (χ0) is 24.9. The molecule has 0 fully saturated rings. The minimum Gasteiger partial charge on any atom is -0.396 e. The first-order chi connectivity index (χ1) is 17.2. The van der Waals surface area contributed by atoms with Gasteiger partial charge in [-0.05, 0) is 90.3 Å². The van der Waals surface area contributed by atoms with Crippen LogP contribution in [-0.4, -0.2) is 23.4 Å². The van der Waals surface area contributed by atoms with Gasteiger partial charge < -0.3 is 10.2 Å². The van der Waals surface area contributed by atoms with Crippen molar-refractivity contribution in [2.45, 2.75) is 78.1 Å². The summed E-state index contributed by atoms with van der Waals surface area (Å²) < 4.78 is 0. The molecule has 0 heterocycles. The normalized spacial score (nSPS) is 11.3. The van der Waals surface area contributed by atoms with Crippen LogP contribution in [0.2, 0.25) is 0 Å². The molecule has 0 aliphatic carbocycles. The molecule has 3 aromatic rings. The van der Waals surface area contributed by atoms with Gasteiger partial charge in [-0.25, -0.2) is 0 Å². The number of aryl methyl sites for hydroxylation is 5. The highest BCUT2D eigenvalue weighted by Gasteiger charge is 2.09. The third kappa shape index (κ3) is 8.63. The van der Waals surface area contributed by atoms with E-state index in [2.05, 4.69) is 80.6 Å². The van der Waals surface area contributed by atoms with Crippen molar-refractivity contribution in [2.75, 3.05) is 13.2 Å². The average molecular weight is 473 g/mol. The molecule has 0 aromatic heterocycles. The number of rotatable bonds is 15. The fraction of sp³-hybridized carbons (Fsp3) is 0.455. The maximum Gasteiger partial charge on any atom is 0.0481 e. The number of aliphatic hydroxyl groups is 2. The summed E-state index contributed by atoms with van der Waals surface area (Å²) in [6, 6.07) is 25.1. The highest BCUT2D eigenvalue weighted by molar-refractivity contribution is 5.68. The van der Waals surface area contributed by atoms with Crippen molar-refractivity contribution in [3.8, 4) is 11.1 Å². The van der Waals surface area contributed by atoms with E-state index < -0.39 is 0 Å². The summed E-state index contributed by atoms with van der Waals surface area (Å²) in [7, 11) is 0. The second-order valence-electron chi connectivity index (χ2n) is 9.94. The Hall–Kier alpha value is -2.42. The first-order valence-electron chi connectivity index (χ1n) is 13.7. The van der Waals surface area contributed by atoms with Crippen molar-refractivity contribution in [3.63, 3.8) is 0 Å². The van der Waals surface area contributed by atoms with Crippen LogP contribution in [0.4, 0.5) is 0 Å². The van der Waals surface area contributed by atoms with Crippen molar-refractivity contribution < 1.29 is 10.2 Å². The van der Waals surface area contributed by atoms with Crippen molar-refractivity contribution in [2.24, 2.45) is 5.92 Å². The van der Waals surface area contributed by atoms with E-state index in [-0.39, 0.29) is 19.1 Å². The standard InChI is InChI=1S/C33H44O2/c1-3-5-6-9-26-14-16-27(17-15-26)18-19-28-11-8-13-32(23-28)33-21-20-29(22-31(33)4-2)10-7-12-30(24-34)25-35/h8,11,13-17,20-23,30,34-35H,3-7,9-10,12,18-19,24-25H2,1-2H3. The minimum atomic E-state index is 0.00592. The number of benzene rings is 3. The molecule has 0 saturated carbocycles. The van der Waals surface area contributed by atoms with E-state index in [9.17, 15) is 10.2 Å². The second-order valence-corrected chi connectivity index (χ2v) is 9.94. The van der Waals surface area contributed by atoms with Crippen LogP contribution in [0.1, 0.15) is 73.8 Å². The molecule has 3 rings (SSSR count). The Balaban J connectivity index is 1.61. The van der Waals surface area contributed by atoms with Gasteiger partial charge >= 0.3 is 0 Å². The largest absolute Gasteiger partial charge is 0.396 e. The SMILES string of the molecule is CCCCCc1ccc(CCc2cccc(-c3ccc(CCCC(CO)CO)cc3CC)c2)cc1. The molecular weight excluding hydrogens is 428 g/mol. The molecule has 2 heteroatoms. The lowest BCUT2D eigenvalue weighted by Crippen LogP contribution is -2.11. The summed E-state index contributed by atoms with van der Waals surface area (Å²) in [5.74, 6) is 0.00592. The molecule has 0 atom stereocenters. The van der Waals surface area contributed by atoms with Crippen molar-refractivity contribution in [1.29, 1.82) is 0 Å². The molecule has 0 amide bonds. The Morgan fingerprint density at radius 3 is 1.94 bits per heavy atom. The van der Waals surface area contributed by atoms with Crippen LogP contribution in [0.5, 0.6) is 0 Å². The fourth-order valence-corrected chi connectivity index (χ4v) is 4.85. The number of hydrogen-bond donors (Lipinski definition) is 2. The molecule has 0 aliphatic heterocycles. The molecule has 0 unspecified atom stereocenters. The van der Waals surface area contributed by atoms with Gasteiger partial charge in [-0.15, -0.1) is 0 Å². The van der Waals surface area contributed by atoms with Crippen LogP contribution in [-0.2, 0) is 32.1 Å². The molecule has 3 aromatic carbocycles. The maximum absolute atomic E-state index is 9.28. The Bertz CT molecular complexity index is 1000. The van der Waals surface area contributed by atoms with Gasteiger partial charge in [-0.3, -0.25) is 0 Å². The van der Waals surface area contributed by atoms with Crippen LogP contribution >= 0.6 is 0 Å². The average Bonchev–Trinajstić information content (AvgIpc) is 2.91. The first kappa shape index (κ1) is 27.2. The molecule has 2 N–H and O–H groups in total. The predicted molar refractivity (Wildman–Crippen MR) is 149 cm³/mol. The van der Waals surface area contributed by atoms with Gasteiger partial charge in [-0.1, -0.05) is 93.4 Å². The van der Waals surface area contributed by atoms with Crippen LogP contribution in [0.3, 0.4) is 0 Å². The summed E-state index contributed by atoms with van der Waals surface area (Å²) in [6.45, 7) is 4.62. The lowest BCUT2D eigenvalue weighted by Gasteiger charge is -2.14. The Morgan fingerprint density at radius 1 is 0.629 bits per heavy atom. The van der Waals surface area contributed by atoms with Crippen LogP contribution in [0, 0.1) is 5.92 Å². The quantitative estimate of drug-likeness (QED) is 0.227. The molecule has 188 valence electrons. The molecule has 0 radical (unpaired) electrons. The number of hydrogen-bond acceptors (Lipinski definition) is 2. The zero-order valence-corrected chi connectivity index (χ0v) is 21.8. The second kappa shape index (κ2) is 14.9. The van der Waals surface area contributed by atoms with Gasteiger partial charge in [0.2, 0.25) is 0 Å². The van der Waals surface area contributed by atoms with Crippen LogP contribution < -0.4 is 0 Å². The molecule has 0 spiro atoms. The molecule has 35 heavy (non-hydrogen) atoms. The molecule has 0 saturated heterocycles. The number of aliphatic hydroxyl groups excluding tert-OH is 2. The zero-order valence-electron chi connectivity index (χ0n) is 21.8. The van der Waals surface area contributed by atoms with Crippen LogP contribution in [0.25, 0.3) is 11.1 Å². The van der Waals surface area contributed by atoms with Gasteiger partial charge in [-0.2, -0.15) is 0 Å².